The number of hydrogen-bond donors (Lipinski definition) is 0. The summed E-state index contributed by atoms with van der Waals surface area (Å²) in [7, 11) is 0. The summed E-state index contributed by atoms with van der Waals surface area (Å²) in [6, 6.07) is 13.1. The average molecular weight is 454 g/mol. The second-order valence-corrected chi connectivity index (χ2v) is 8.50. The molecule has 34 heavy (non-hydrogen) atoms. The normalized spacial score (nSPS) is 13.9. The van der Waals surface area contributed by atoms with Crippen LogP contribution in [-0.4, -0.2) is 47.5 Å². The summed E-state index contributed by atoms with van der Waals surface area (Å²) in [5, 5.41) is 13.5. The zero-order valence-corrected chi connectivity index (χ0v) is 19.0. The SMILES string of the molecule is CC(=O)c1ccc(-n2cnc3ccc(CN4CCCCC4=O)cc32)nc1-n1nc(C#N)cc1C. The molecule has 9 nitrogen and oxygen atoms in total. The van der Waals surface area contributed by atoms with Gasteiger partial charge in [0, 0.05) is 25.2 Å². The Morgan fingerprint density at radius 2 is 2.03 bits per heavy atom. The number of fused-ring (bicyclic) bond motifs is 1. The van der Waals surface area contributed by atoms with Crippen molar-refractivity contribution in [2.45, 2.75) is 39.7 Å². The molecule has 0 spiro atoms. The number of hydrogen-bond acceptors (Lipinski definition) is 6. The molecule has 9 heteroatoms. The average Bonchev–Trinajstić information content (AvgIpc) is 3.43. The number of benzene rings is 1. The lowest BCUT2D eigenvalue weighted by atomic mass is 10.1. The monoisotopic (exact) mass is 453 g/mol. The van der Waals surface area contributed by atoms with Gasteiger partial charge in [0.1, 0.15) is 18.2 Å². The van der Waals surface area contributed by atoms with Crippen LogP contribution in [0.4, 0.5) is 0 Å². The van der Waals surface area contributed by atoms with E-state index in [4.69, 9.17) is 4.98 Å². The third kappa shape index (κ3) is 3.83. The number of likely N-dealkylation sites (tertiary alicyclic amines) is 1. The smallest absolute Gasteiger partial charge is 0.222 e. The van der Waals surface area contributed by atoms with Gasteiger partial charge >= 0.3 is 0 Å². The summed E-state index contributed by atoms with van der Waals surface area (Å²) in [4.78, 5) is 35.7. The van der Waals surface area contributed by atoms with E-state index in [1.165, 1.54) is 11.6 Å². The maximum Gasteiger partial charge on any atom is 0.222 e. The number of pyridine rings is 1. The van der Waals surface area contributed by atoms with Crippen LogP contribution < -0.4 is 0 Å². The Labute approximate surface area is 196 Å². The molecule has 4 aromatic rings. The zero-order chi connectivity index (χ0) is 23.8. The quantitative estimate of drug-likeness (QED) is 0.428. The molecule has 1 fully saturated rings. The zero-order valence-electron chi connectivity index (χ0n) is 19.0. The number of carbonyl (C=O) groups excluding carboxylic acids is 2. The molecule has 0 saturated carbocycles. The van der Waals surface area contributed by atoms with Gasteiger partial charge in [-0.05, 0) is 62.6 Å². The van der Waals surface area contributed by atoms with Crippen LogP contribution in [-0.2, 0) is 11.3 Å². The first kappa shape index (κ1) is 21.5. The van der Waals surface area contributed by atoms with Crippen LogP contribution in [0.1, 0.15) is 53.5 Å². The highest BCUT2D eigenvalue weighted by Crippen LogP contribution is 2.23. The number of Topliss-reactive ketones (excluding diaryl/α,β-unsaturated/α-hetero) is 1. The first-order valence-corrected chi connectivity index (χ1v) is 11.2. The van der Waals surface area contributed by atoms with E-state index in [1.54, 1.807) is 24.5 Å². The van der Waals surface area contributed by atoms with E-state index < -0.39 is 0 Å². The number of amides is 1. The summed E-state index contributed by atoms with van der Waals surface area (Å²) in [5.74, 6) is 0.978. The largest absolute Gasteiger partial charge is 0.338 e. The van der Waals surface area contributed by atoms with E-state index in [0.29, 0.717) is 35.9 Å². The van der Waals surface area contributed by atoms with Gasteiger partial charge in [-0.15, -0.1) is 0 Å². The maximum atomic E-state index is 12.3. The lowest BCUT2D eigenvalue weighted by Gasteiger charge is -2.26. The number of aromatic nitrogens is 5. The fourth-order valence-corrected chi connectivity index (χ4v) is 4.34. The number of ketones is 1. The second kappa shape index (κ2) is 8.56. The standard InChI is InChI=1S/C25H23N7O2/c1-16-11-19(13-26)29-32(16)25-20(17(2)33)7-9-23(28-25)31-15-27-21-8-6-18(12-22(21)31)14-30-10-4-3-5-24(30)34/h6-9,11-12,15H,3-5,10,14H2,1-2H3. The van der Waals surface area contributed by atoms with Crippen molar-refractivity contribution in [2.24, 2.45) is 0 Å². The fourth-order valence-electron chi connectivity index (χ4n) is 4.34. The van der Waals surface area contributed by atoms with Crippen molar-refractivity contribution in [3.63, 3.8) is 0 Å². The third-order valence-electron chi connectivity index (χ3n) is 6.10. The fraction of sp³-hybridized carbons (Fsp3) is 0.280. The molecule has 1 aromatic carbocycles. The Bertz CT molecular complexity index is 1470. The van der Waals surface area contributed by atoms with Crippen LogP contribution >= 0.6 is 0 Å². The molecule has 1 amide bonds. The van der Waals surface area contributed by atoms with Crippen molar-refractivity contribution in [3.8, 4) is 17.7 Å². The number of nitrogens with zero attached hydrogens (tertiary/aromatic N) is 7. The summed E-state index contributed by atoms with van der Waals surface area (Å²) >= 11 is 0. The van der Waals surface area contributed by atoms with Gasteiger partial charge in [-0.25, -0.2) is 14.6 Å². The molecule has 0 aliphatic carbocycles. The molecule has 1 aliphatic heterocycles. The molecule has 0 N–H and O–H groups in total. The molecule has 1 saturated heterocycles. The molecule has 0 bridgehead atoms. The minimum atomic E-state index is -0.147. The molecular formula is C25H23N7O2. The van der Waals surface area contributed by atoms with Crippen LogP contribution in [0, 0.1) is 18.3 Å². The number of imidazole rings is 1. The molecule has 0 atom stereocenters. The van der Waals surface area contributed by atoms with Gasteiger partial charge in [-0.2, -0.15) is 10.4 Å². The summed E-state index contributed by atoms with van der Waals surface area (Å²) in [6.07, 6.45) is 4.28. The highest BCUT2D eigenvalue weighted by Gasteiger charge is 2.20. The molecular weight excluding hydrogens is 430 g/mol. The van der Waals surface area contributed by atoms with Crippen molar-refractivity contribution in [1.29, 1.82) is 5.26 Å². The topological polar surface area (TPSA) is 110 Å². The molecule has 1 aliphatic rings. The Kier molecular flexibility index (Phi) is 5.42. The first-order chi connectivity index (χ1) is 16.4. The number of piperidine rings is 1. The number of aryl methyl sites for hydroxylation is 1. The molecule has 5 rings (SSSR count). The minimum Gasteiger partial charge on any atom is -0.338 e. The predicted octanol–water partition coefficient (Wildman–Crippen LogP) is 3.50. The van der Waals surface area contributed by atoms with Gasteiger partial charge in [0.25, 0.3) is 0 Å². The number of carbonyl (C=O) groups is 2. The van der Waals surface area contributed by atoms with Gasteiger partial charge < -0.3 is 4.90 Å². The molecule has 170 valence electrons. The second-order valence-electron chi connectivity index (χ2n) is 8.50. The van der Waals surface area contributed by atoms with Crippen LogP contribution in [0.2, 0.25) is 0 Å². The third-order valence-corrected chi connectivity index (χ3v) is 6.10. The highest BCUT2D eigenvalue weighted by molar-refractivity contribution is 5.97. The van der Waals surface area contributed by atoms with Crippen LogP contribution in [0.15, 0.2) is 42.7 Å². The Morgan fingerprint density at radius 3 is 2.76 bits per heavy atom. The lowest BCUT2D eigenvalue weighted by Crippen LogP contribution is -2.34. The van der Waals surface area contributed by atoms with Gasteiger partial charge in [0.15, 0.2) is 17.3 Å². The molecule has 3 aromatic heterocycles. The van der Waals surface area contributed by atoms with Crippen molar-refractivity contribution < 1.29 is 9.59 Å². The van der Waals surface area contributed by atoms with E-state index in [1.807, 2.05) is 40.7 Å². The van der Waals surface area contributed by atoms with Gasteiger partial charge in [-0.3, -0.25) is 14.2 Å². The predicted molar refractivity (Wildman–Crippen MR) is 125 cm³/mol. The number of nitriles is 1. The van der Waals surface area contributed by atoms with Crippen molar-refractivity contribution in [2.75, 3.05) is 6.54 Å². The molecule has 4 heterocycles. The maximum absolute atomic E-state index is 12.3. The van der Waals surface area contributed by atoms with Gasteiger partial charge in [0.2, 0.25) is 5.91 Å². The number of rotatable bonds is 5. The van der Waals surface area contributed by atoms with Crippen molar-refractivity contribution in [3.05, 3.63) is 65.2 Å². The van der Waals surface area contributed by atoms with E-state index in [9.17, 15) is 14.9 Å². The van der Waals surface area contributed by atoms with E-state index in [0.717, 1.165) is 36.0 Å². The highest BCUT2D eigenvalue weighted by atomic mass is 16.2. The summed E-state index contributed by atoms with van der Waals surface area (Å²) in [5.41, 5.74) is 4.04. The van der Waals surface area contributed by atoms with Crippen LogP contribution in [0.3, 0.4) is 0 Å². The minimum absolute atomic E-state index is 0.147. The lowest BCUT2D eigenvalue weighted by molar-refractivity contribution is -0.133. The van der Waals surface area contributed by atoms with Gasteiger partial charge in [0.05, 0.1) is 16.6 Å². The first-order valence-electron chi connectivity index (χ1n) is 11.2. The van der Waals surface area contributed by atoms with E-state index >= 15 is 0 Å². The Balaban J connectivity index is 1.58. The molecule has 0 radical (unpaired) electrons. The van der Waals surface area contributed by atoms with Crippen molar-refractivity contribution in [1.82, 2.24) is 29.2 Å². The van der Waals surface area contributed by atoms with E-state index in [-0.39, 0.29) is 17.4 Å². The van der Waals surface area contributed by atoms with Gasteiger partial charge in [-0.1, -0.05) is 6.07 Å². The van der Waals surface area contributed by atoms with E-state index in [2.05, 4.69) is 10.1 Å². The van der Waals surface area contributed by atoms with Crippen LogP contribution in [0.25, 0.3) is 22.7 Å². The Hall–Kier alpha value is -4.32. The summed E-state index contributed by atoms with van der Waals surface area (Å²) < 4.78 is 3.37. The molecule has 0 unspecified atom stereocenters. The van der Waals surface area contributed by atoms with Crippen molar-refractivity contribution >= 4 is 22.7 Å². The Morgan fingerprint density at radius 1 is 1.18 bits per heavy atom. The van der Waals surface area contributed by atoms with Crippen LogP contribution in [0.5, 0.6) is 0 Å². The summed E-state index contributed by atoms with van der Waals surface area (Å²) in [6.45, 7) is 4.63.